The highest BCUT2D eigenvalue weighted by atomic mass is 16.5. The molecular weight excluding hydrogens is 526 g/mol. The minimum atomic E-state index is -0.481. The van der Waals surface area contributed by atoms with Crippen LogP contribution in [0.2, 0.25) is 0 Å². The number of para-hydroxylation sites is 2. The second-order valence-electron chi connectivity index (χ2n) is 9.61. The normalized spacial score (nSPS) is 14.7. The van der Waals surface area contributed by atoms with Crippen LogP contribution >= 0.6 is 0 Å². The predicted molar refractivity (Wildman–Crippen MR) is 166 cm³/mol. The van der Waals surface area contributed by atoms with Crippen LogP contribution < -0.4 is 4.90 Å². The Labute approximate surface area is 246 Å². The van der Waals surface area contributed by atoms with E-state index in [4.69, 9.17) is 9.47 Å². The molecule has 1 fully saturated rings. The Balaban J connectivity index is 1.44. The topological polar surface area (TPSA) is 71.4 Å². The van der Waals surface area contributed by atoms with E-state index in [0.29, 0.717) is 24.2 Å². The van der Waals surface area contributed by atoms with Crippen molar-refractivity contribution in [3.63, 3.8) is 0 Å². The number of amides is 1. The molecule has 7 nitrogen and oxygen atoms in total. The monoisotopic (exact) mass is 559 g/mol. The Bertz CT molecular complexity index is 1580. The summed E-state index contributed by atoms with van der Waals surface area (Å²) in [4.78, 5) is 34.5. The van der Waals surface area contributed by atoms with E-state index in [9.17, 15) is 9.59 Å². The fraction of sp³-hybridized carbons (Fsp3) is 0.171. The van der Waals surface area contributed by atoms with Crippen LogP contribution in [0.15, 0.2) is 120 Å². The standard InChI is InChI=1S/C35H33N3O4/c1-3-37(28-15-9-6-10-16-28)29-21-19-27(20-22-29)25-32-33(39)38(24-23-26-13-7-5-8-14-26)35(42-32)36-31-18-12-11-17-30(31)34(40)41-4-2/h5-22,25H,3-4,23-24H2,1-2H3/b32-25+,36-35?. The first-order chi connectivity index (χ1) is 20.6. The smallest absolute Gasteiger partial charge is 0.340 e. The van der Waals surface area contributed by atoms with Gasteiger partial charge >= 0.3 is 12.0 Å². The molecule has 1 amide bonds. The van der Waals surface area contributed by atoms with E-state index >= 15 is 0 Å². The van der Waals surface area contributed by atoms with Gasteiger partial charge in [0.15, 0.2) is 5.76 Å². The van der Waals surface area contributed by atoms with E-state index in [1.807, 2.05) is 72.8 Å². The molecule has 0 N–H and O–H groups in total. The third-order valence-corrected chi connectivity index (χ3v) is 6.86. The van der Waals surface area contributed by atoms with E-state index < -0.39 is 5.97 Å². The van der Waals surface area contributed by atoms with Crippen molar-refractivity contribution in [3.05, 3.63) is 132 Å². The number of anilines is 2. The number of esters is 1. The predicted octanol–water partition coefficient (Wildman–Crippen LogP) is 7.15. The minimum absolute atomic E-state index is 0.122. The van der Waals surface area contributed by atoms with Gasteiger partial charge in [-0.3, -0.25) is 9.69 Å². The number of rotatable bonds is 10. The van der Waals surface area contributed by atoms with E-state index in [2.05, 4.69) is 28.9 Å². The summed E-state index contributed by atoms with van der Waals surface area (Å²) in [6.45, 7) is 5.28. The number of ether oxygens (including phenoxy) is 2. The van der Waals surface area contributed by atoms with E-state index in [1.165, 1.54) is 4.90 Å². The highest BCUT2D eigenvalue weighted by Crippen LogP contribution is 2.28. The quantitative estimate of drug-likeness (QED) is 0.152. The van der Waals surface area contributed by atoms with Gasteiger partial charge in [-0.1, -0.05) is 72.8 Å². The largest absolute Gasteiger partial charge is 0.462 e. The number of hydrogen-bond donors (Lipinski definition) is 0. The van der Waals surface area contributed by atoms with E-state index in [1.54, 1.807) is 37.3 Å². The van der Waals surface area contributed by atoms with Crippen molar-refractivity contribution in [2.45, 2.75) is 20.3 Å². The summed E-state index contributed by atoms with van der Waals surface area (Å²) in [7, 11) is 0. The molecule has 4 aromatic rings. The summed E-state index contributed by atoms with van der Waals surface area (Å²) < 4.78 is 11.3. The molecule has 5 rings (SSSR count). The Hall–Kier alpha value is -5.17. The average molecular weight is 560 g/mol. The van der Waals surface area contributed by atoms with Crippen LogP contribution in [0, 0.1) is 0 Å². The molecule has 1 aliphatic heterocycles. The van der Waals surface area contributed by atoms with Crippen LogP contribution in [0.5, 0.6) is 0 Å². The summed E-state index contributed by atoms with van der Waals surface area (Å²) in [5, 5.41) is 0. The number of aliphatic imine (C=N–C) groups is 1. The van der Waals surface area contributed by atoms with Crippen LogP contribution in [-0.4, -0.2) is 42.5 Å². The summed E-state index contributed by atoms with van der Waals surface area (Å²) in [6, 6.07) is 35.1. The molecular formula is C35H33N3O4. The lowest BCUT2D eigenvalue weighted by Crippen LogP contribution is -2.32. The van der Waals surface area contributed by atoms with Crippen molar-refractivity contribution in [2.24, 2.45) is 4.99 Å². The van der Waals surface area contributed by atoms with Crippen molar-refractivity contribution < 1.29 is 19.1 Å². The SMILES string of the molecule is CCOC(=O)c1ccccc1N=C1O/C(=C/c2ccc(N(CC)c3ccccc3)cc2)C(=O)N1CCc1ccccc1. The maximum atomic E-state index is 13.6. The molecule has 42 heavy (non-hydrogen) atoms. The molecule has 1 heterocycles. The van der Waals surface area contributed by atoms with Crippen molar-refractivity contribution >= 4 is 41.0 Å². The summed E-state index contributed by atoms with van der Waals surface area (Å²) in [5.74, 6) is -0.606. The van der Waals surface area contributed by atoms with Gasteiger partial charge in [-0.15, -0.1) is 0 Å². The van der Waals surface area contributed by atoms with Gasteiger partial charge in [0.05, 0.1) is 17.9 Å². The first-order valence-corrected chi connectivity index (χ1v) is 14.1. The number of amidine groups is 1. The summed E-state index contributed by atoms with van der Waals surface area (Å²) in [5.41, 5.74) is 4.74. The van der Waals surface area contributed by atoms with Crippen LogP contribution in [0.4, 0.5) is 17.1 Å². The molecule has 0 aliphatic carbocycles. The Kier molecular flexibility index (Phi) is 9.09. The lowest BCUT2D eigenvalue weighted by atomic mass is 10.1. The zero-order valence-electron chi connectivity index (χ0n) is 23.8. The van der Waals surface area contributed by atoms with Crippen molar-refractivity contribution in [2.75, 3.05) is 24.6 Å². The minimum Gasteiger partial charge on any atom is -0.462 e. The molecule has 0 saturated carbocycles. The van der Waals surface area contributed by atoms with Crippen molar-refractivity contribution in [1.29, 1.82) is 0 Å². The molecule has 4 aromatic carbocycles. The number of carbonyl (C=O) groups is 2. The molecule has 0 atom stereocenters. The second-order valence-corrected chi connectivity index (χ2v) is 9.61. The van der Waals surface area contributed by atoms with E-state index in [0.717, 1.165) is 29.0 Å². The highest BCUT2D eigenvalue weighted by molar-refractivity contribution is 6.12. The lowest BCUT2D eigenvalue weighted by molar-refractivity contribution is -0.122. The Morgan fingerprint density at radius 2 is 1.50 bits per heavy atom. The number of nitrogens with zero attached hydrogens (tertiary/aromatic N) is 3. The van der Waals surface area contributed by atoms with Crippen LogP contribution in [-0.2, 0) is 20.7 Å². The number of carbonyl (C=O) groups excluding carboxylic acids is 2. The lowest BCUT2D eigenvalue weighted by Gasteiger charge is -2.23. The van der Waals surface area contributed by atoms with Gasteiger partial charge in [-0.2, -0.15) is 4.99 Å². The van der Waals surface area contributed by atoms with Gasteiger partial charge < -0.3 is 14.4 Å². The molecule has 0 radical (unpaired) electrons. The third kappa shape index (κ3) is 6.58. The van der Waals surface area contributed by atoms with Gasteiger partial charge in [0, 0.05) is 24.5 Å². The van der Waals surface area contributed by atoms with Gasteiger partial charge in [0.2, 0.25) is 0 Å². The maximum Gasteiger partial charge on any atom is 0.340 e. The third-order valence-electron chi connectivity index (χ3n) is 6.86. The molecule has 1 aliphatic rings. The fourth-order valence-corrected chi connectivity index (χ4v) is 4.75. The Morgan fingerprint density at radius 1 is 0.857 bits per heavy atom. The van der Waals surface area contributed by atoms with Gasteiger partial charge in [0.25, 0.3) is 5.91 Å². The first-order valence-electron chi connectivity index (χ1n) is 14.1. The van der Waals surface area contributed by atoms with Crippen LogP contribution in [0.1, 0.15) is 35.3 Å². The first kappa shape index (κ1) is 28.4. The second kappa shape index (κ2) is 13.5. The fourth-order valence-electron chi connectivity index (χ4n) is 4.75. The molecule has 1 saturated heterocycles. The molecule has 212 valence electrons. The average Bonchev–Trinajstić information content (AvgIpc) is 3.31. The molecule has 0 spiro atoms. The van der Waals surface area contributed by atoms with Gasteiger partial charge in [-0.25, -0.2) is 4.79 Å². The maximum absolute atomic E-state index is 13.6. The van der Waals surface area contributed by atoms with E-state index in [-0.39, 0.29) is 24.3 Å². The summed E-state index contributed by atoms with van der Waals surface area (Å²) in [6.07, 6.45) is 2.34. The van der Waals surface area contributed by atoms with Gasteiger partial charge in [0.1, 0.15) is 0 Å². The molecule has 0 bridgehead atoms. The number of benzene rings is 4. The molecule has 0 unspecified atom stereocenters. The molecule has 0 aromatic heterocycles. The highest BCUT2D eigenvalue weighted by Gasteiger charge is 2.35. The van der Waals surface area contributed by atoms with Crippen molar-refractivity contribution in [1.82, 2.24) is 4.90 Å². The molecule has 7 heteroatoms. The van der Waals surface area contributed by atoms with Crippen LogP contribution in [0.3, 0.4) is 0 Å². The van der Waals surface area contributed by atoms with Crippen LogP contribution in [0.25, 0.3) is 6.08 Å². The summed E-state index contributed by atoms with van der Waals surface area (Å²) >= 11 is 0. The Morgan fingerprint density at radius 3 is 2.19 bits per heavy atom. The zero-order chi connectivity index (χ0) is 29.3. The van der Waals surface area contributed by atoms with Gasteiger partial charge in [-0.05, 0) is 73.9 Å². The number of hydrogen-bond acceptors (Lipinski definition) is 6. The van der Waals surface area contributed by atoms with Crippen molar-refractivity contribution in [3.8, 4) is 0 Å². The zero-order valence-corrected chi connectivity index (χ0v) is 23.8.